The Kier molecular flexibility index (Phi) is 4.25. The van der Waals surface area contributed by atoms with Crippen LogP contribution >= 0.6 is 15.9 Å². The summed E-state index contributed by atoms with van der Waals surface area (Å²) in [7, 11) is 0. The van der Waals surface area contributed by atoms with E-state index in [1.807, 2.05) is 65.2 Å². The molecule has 0 aliphatic carbocycles. The van der Waals surface area contributed by atoms with Crippen molar-refractivity contribution in [3.63, 3.8) is 0 Å². The van der Waals surface area contributed by atoms with Crippen LogP contribution in [0.4, 0.5) is 5.82 Å². The first-order valence-electron chi connectivity index (χ1n) is 8.97. The van der Waals surface area contributed by atoms with Gasteiger partial charge in [-0.05, 0) is 29.8 Å². The Labute approximate surface area is 170 Å². The number of para-hydroxylation sites is 1. The van der Waals surface area contributed by atoms with Crippen LogP contribution in [0.25, 0.3) is 27.8 Å². The molecular weight excluding hydrogens is 414 g/mol. The van der Waals surface area contributed by atoms with E-state index in [1.165, 1.54) is 5.56 Å². The van der Waals surface area contributed by atoms with Gasteiger partial charge in [0.15, 0.2) is 5.65 Å². The third-order valence-electron chi connectivity index (χ3n) is 4.65. The molecule has 0 fully saturated rings. The summed E-state index contributed by atoms with van der Waals surface area (Å²) in [6.45, 7) is 0.675. The average molecular weight is 430 g/mol. The quantitative estimate of drug-likeness (QED) is 0.420. The summed E-state index contributed by atoms with van der Waals surface area (Å²) >= 11 is 3.53. The minimum absolute atomic E-state index is 0.675. The highest BCUT2D eigenvalue weighted by Gasteiger charge is 2.15. The molecule has 0 unspecified atom stereocenters. The highest BCUT2D eigenvalue weighted by molar-refractivity contribution is 9.10. The SMILES string of the molecule is Brc1cccc(CNc2nc3c(-c4ccccc4)nnn3c3ccccc23)c1. The molecule has 28 heavy (non-hydrogen) atoms. The first kappa shape index (κ1) is 16.9. The molecule has 0 saturated carbocycles. The highest BCUT2D eigenvalue weighted by Crippen LogP contribution is 2.28. The van der Waals surface area contributed by atoms with Crippen molar-refractivity contribution in [2.75, 3.05) is 5.32 Å². The fourth-order valence-corrected chi connectivity index (χ4v) is 3.76. The van der Waals surface area contributed by atoms with Gasteiger partial charge in [0.05, 0.1) is 5.52 Å². The Balaban J connectivity index is 1.64. The first-order chi connectivity index (χ1) is 13.8. The molecule has 0 bridgehead atoms. The van der Waals surface area contributed by atoms with Crippen LogP contribution in [0.5, 0.6) is 0 Å². The van der Waals surface area contributed by atoms with Crippen molar-refractivity contribution in [2.24, 2.45) is 0 Å². The molecular formula is C22H16BrN5. The van der Waals surface area contributed by atoms with Gasteiger partial charge >= 0.3 is 0 Å². The Morgan fingerprint density at radius 2 is 1.71 bits per heavy atom. The molecule has 0 saturated heterocycles. The summed E-state index contributed by atoms with van der Waals surface area (Å²) in [5.74, 6) is 0.822. The summed E-state index contributed by atoms with van der Waals surface area (Å²) in [6, 6.07) is 26.4. The van der Waals surface area contributed by atoms with E-state index in [4.69, 9.17) is 4.98 Å². The molecule has 2 heterocycles. The van der Waals surface area contributed by atoms with Crippen LogP contribution in [0.2, 0.25) is 0 Å². The number of hydrogen-bond donors (Lipinski definition) is 1. The molecule has 0 radical (unpaired) electrons. The fourth-order valence-electron chi connectivity index (χ4n) is 3.31. The lowest BCUT2D eigenvalue weighted by Gasteiger charge is -2.11. The van der Waals surface area contributed by atoms with E-state index < -0.39 is 0 Å². The van der Waals surface area contributed by atoms with Gasteiger partial charge in [-0.15, -0.1) is 5.10 Å². The second kappa shape index (κ2) is 7.05. The van der Waals surface area contributed by atoms with Crippen molar-refractivity contribution in [1.29, 1.82) is 0 Å². The Bertz CT molecular complexity index is 1280. The molecule has 136 valence electrons. The zero-order valence-electron chi connectivity index (χ0n) is 14.9. The van der Waals surface area contributed by atoms with Gasteiger partial charge < -0.3 is 5.32 Å². The average Bonchev–Trinajstić information content (AvgIpc) is 3.17. The molecule has 6 heteroatoms. The standard InChI is InChI=1S/C22H16BrN5/c23-17-10-6-7-15(13-17)14-24-21-18-11-4-5-12-19(18)28-22(25-21)20(26-27-28)16-8-2-1-3-9-16/h1-13H,14H2,(H,24,25). The lowest BCUT2D eigenvalue weighted by atomic mass is 10.1. The van der Waals surface area contributed by atoms with E-state index in [9.17, 15) is 0 Å². The van der Waals surface area contributed by atoms with Crippen molar-refractivity contribution in [3.05, 3.63) is 88.9 Å². The Morgan fingerprint density at radius 3 is 2.57 bits per heavy atom. The summed E-state index contributed by atoms with van der Waals surface area (Å²) in [6.07, 6.45) is 0. The second-order valence-corrected chi connectivity index (χ2v) is 7.42. The maximum absolute atomic E-state index is 4.89. The number of hydrogen-bond acceptors (Lipinski definition) is 4. The van der Waals surface area contributed by atoms with Gasteiger partial charge in [0.25, 0.3) is 0 Å². The van der Waals surface area contributed by atoms with Crippen LogP contribution in [0.3, 0.4) is 0 Å². The maximum Gasteiger partial charge on any atom is 0.186 e. The van der Waals surface area contributed by atoms with E-state index in [0.717, 1.165) is 38.1 Å². The molecule has 2 aromatic heterocycles. The zero-order valence-corrected chi connectivity index (χ0v) is 16.5. The third kappa shape index (κ3) is 3.01. The lowest BCUT2D eigenvalue weighted by Crippen LogP contribution is -2.05. The number of nitrogens with one attached hydrogen (secondary N) is 1. The number of nitrogens with zero attached hydrogens (tertiary/aromatic N) is 4. The molecule has 5 rings (SSSR count). The minimum atomic E-state index is 0.675. The topological polar surface area (TPSA) is 55.1 Å². The minimum Gasteiger partial charge on any atom is -0.365 e. The number of halogens is 1. The van der Waals surface area contributed by atoms with Crippen molar-refractivity contribution >= 4 is 38.3 Å². The first-order valence-corrected chi connectivity index (χ1v) is 9.77. The molecule has 5 aromatic rings. The molecule has 5 nitrogen and oxygen atoms in total. The lowest BCUT2D eigenvalue weighted by molar-refractivity contribution is 0.876. The predicted octanol–water partition coefficient (Wildman–Crippen LogP) is 5.32. The highest BCUT2D eigenvalue weighted by atomic mass is 79.9. The second-order valence-electron chi connectivity index (χ2n) is 6.50. The van der Waals surface area contributed by atoms with E-state index in [2.05, 4.69) is 49.8 Å². The van der Waals surface area contributed by atoms with E-state index in [1.54, 1.807) is 0 Å². The molecule has 0 aliphatic heterocycles. The number of fused-ring (bicyclic) bond motifs is 3. The van der Waals surface area contributed by atoms with Crippen LogP contribution in [-0.2, 0) is 6.54 Å². The predicted molar refractivity (Wildman–Crippen MR) is 115 cm³/mol. The van der Waals surface area contributed by atoms with Gasteiger partial charge in [0, 0.05) is 22.0 Å². The van der Waals surface area contributed by atoms with E-state index in [0.29, 0.717) is 6.54 Å². The zero-order chi connectivity index (χ0) is 18.9. The molecule has 0 spiro atoms. The molecule has 0 aliphatic rings. The van der Waals surface area contributed by atoms with Gasteiger partial charge in [-0.3, -0.25) is 0 Å². The molecule has 0 amide bonds. The third-order valence-corrected chi connectivity index (χ3v) is 5.14. The molecule has 0 atom stereocenters. The van der Waals surface area contributed by atoms with Gasteiger partial charge in [-0.1, -0.05) is 75.7 Å². The van der Waals surface area contributed by atoms with Crippen LogP contribution in [0.15, 0.2) is 83.3 Å². The monoisotopic (exact) mass is 429 g/mol. The van der Waals surface area contributed by atoms with Crippen LogP contribution in [0.1, 0.15) is 5.56 Å². The number of anilines is 1. The Hall–Kier alpha value is -3.25. The number of aromatic nitrogens is 4. The fraction of sp³-hybridized carbons (Fsp3) is 0.0455. The van der Waals surface area contributed by atoms with Crippen LogP contribution in [0, 0.1) is 0 Å². The molecule has 3 aromatic carbocycles. The Morgan fingerprint density at radius 1 is 0.893 bits per heavy atom. The van der Waals surface area contributed by atoms with Gasteiger partial charge in [-0.2, -0.15) is 4.52 Å². The number of benzene rings is 3. The van der Waals surface area contributed by atoms with Gasteiger partial charge in [0.1, 0.15) is 11.5 Å². The summed E-state index contributed by atoms with van der Waals surface area (Å²) in [5, 5.41) is 13.3. The van der Waals surface area contributed by atoms with Crippen molar-refractivity contribution < 1.29 is 0 Å². The smallest absolute Gasteiger partial charge is 0.186 e. The largest absolute Gasteiger partial charge is 0.365 e. The number of rotatable bonds is 4. The van der Waals surface area contributed by atoms with Gasteiger partial charge in [-0.25, -0.2) is 4.98 Å². The summed E-state index contributed by atoms with van der Waals surface area (Å²) in [5.41, 5.74) is 4.66. The van der Waals surface area contributed by atoms with E-state index >= 15 is 0 Å². The van der Waals surface area contributed by atoms with Crippen LogP contribution < -0.4 is 5.32 Å². The summed E-state index contributed by atoms with van der Waals surface area (Å²) < 4.78 is 2.87. The van der Waals surface area contributed by atoms with Gasteiger partial charge in [0.2, 0.25) is 0 Å². The maximum atomic E-state index is 4.89. The molecule has 1 N–H and O–H groups in total. The van der Waals surface area contributed by atoms with Crippen molar-refractivity contribution in [2.45, 2.75) is 6.54 Å². The van der Waals surface area contributed by atoms with Crippen LogP contribution in [-0.4, -0.2) is 19.8 Å². The van der Waals surface area contributed by atoms with Crippen molar-refractivity contribution in [3.8, 4) is 11.3 Å². The van der Waals surface area contributed by atoms with Crippen molar-refractivity contribution in [1.82, 2.24) is 19.8 Å². The van der Waals surface area contributed by atoms with E-state index in [-0.39, 0.29) is 0 Å². The summed E-state index contributed by atoms with van der Waals surface area (Å²) in [4.78, 5) is 4.89. The normalized spacial score (nSPS) is 11.2.